The molecule has 0 bridgehead atoms. The molecule has 2 aromatic heterocycles. The van der Waals surface area contributed by atoms with Crippen molar-refractivity contribution < 1.29 is 9.59 Å². The highest BCUT2D eigenvalue weighted by Crippen LogP contribution is 2.23. The molecule has 1 atom stereocenters. The Morgan fingerprint density at radius 2 is 2.03 bits per heavy atom. The Bertz CT molecular complexity index is 924. The van der Waals surface area contributed by atoms with Crippen molar-refractivity contribution in [2.75, 3.05) is 20.6 Å². The molecular weight excluding hydrogens is 398 g/mol. The van der Waals surface area contributed by atoms with Crippen molar-refractivity contribution in [3.05, 3.63) is 39.6 Å². The van der Waals surface area contributed by atoms with E-state index < -0.39 is 11.5 Å². The van der Waals surface area contributed by atoms with Gasteiger partial charge in [-0.25, -0.2) is 4.98 Å². The normalized spacial score (nSPS) is 16.2. The van der Waals surface area contributed by atoms with Crippen LogP contribution >= 0.6 is 11.3 Å². The van der Waals surface area contributed by atoms with E-state index in [1.54, 1.807) is 18.4 Å². The monoisotopic (exact) mass is 429 g/mol. The number of nitrogens with one attached hydrogen (secondary N) is 2. The first-order valence-electron chi connectivity index (χ1n) is 10.2. The van der Waals surface area contributed by atoms with Gasteiger partial charge in [0.2, 0.25) is 5.91 Å². The van der Waals surface area contributed by atoms with Gasteiger partial charge in [0.15, 0.2) is 5.69 Å². The number of fused-ring (bicyclic) bond motifs is 1. The van der Waals surface area contributed by atoms with Crippen LogP contribution in [0.2, 0.25) is 0 Å². The third kappa shape index (κ3) is 4.99. The van der Waals surface area contributed by atoms with E-state index in [0.717, 1.165) is 36.6 Å². The molecule has 2 N–H and O–H groups in total. The predicted molar refractivity (Wildman–Crippen MR) is 121 cm³/mol. The number of amides is 2. The molecule has 2 aromatic rings. The van der Waals surface area contributed by atoms with Gasteiger partial charge >= 0.3 is 0 Å². The maximum atomic E-state index is 13.3. The van der Waals surface area contributed by atoms with E-state index in [-0.39, 0.29) is 11.8 Å². The van der Waals surface area contributed by atoms with Crippen LogP contribution in [-0.4, -0.2) is 52.9 Å². The Labute approximate surface area is 182 Å². The molecule has 0 radical (unpaired) electrons. The van der Waals surface area contributed by atoms with Gasteiger partial charge < -0.3 is 20.1 Å². The largest absolute Gasteiger partial charge is 0.357 e. The second-order valence-corrected chi connectivity index (χ2v) is 9.57. The van der Waals surface area contributed by atoms with Gasteiger partial charge in [0, 0.05) is 20.1 Å². The van der Waals surface area contributed by atoms with Gasteiger partial charge in [0.1, 0.15) is 11.9 Å². The highest BCUT2D eigenvalue weighted by Gasteiger charge is 2.34. The molecule has 7 nitrogen and oxygen atoms in total. The third-order valence-corrected chi connectivity index (χ3v) is 5.98. The number of carbonyl (C=O) groups excluding carboxylic acids is 2. The van der Waals surface area contributed by atoms with Crippen LogP contribution in [-0.2, 0) is 17.9 Å². The number of likely N-dealkylation sites (N-methyl/N-ethyl adjacent to an activating group) is 1. The van der Waals surface area contributed by atoms with Gasteiger partial charge in [-0.15, -0.1) is 0 Å². The Hall–Kier alpha value is -2.45. The molecule has 1 aliphatic heterocycles. The molecule has 1 aliphatic rings. The number of hydrogen-bond donors (Lipinski definition) is 2. The zero-order chi connectivity index (χ0) is 21.9. The van der Waals surface area contributed by atoms with Crippen LogP contribution in [0.15, 0.2) is 16.8 Å². The third-order valence-electron chi connectivity index (χ3n) is 5.28. The number of hydrogen-bond acceptors (Lipinski definition) is 5. The minimum absolute atomic E-state index is 0.212. The second kappa shape index (κ2) is 9.14. The van der Waals surface area contributed by atoms with Crippen molar-refractivity contribution in [1.29, 1.82) is 0 Å². The highest BCUT2D eigenvalue weighted by molar-refractivity contribution is 7.08. The van der Waals surface area contributed by atoms with Crippen molar-refractivity contribution in [3.63, 3.8) is 0 Å². The summed E-state index contributed by atoms with van der Waals surface area (Å²) in [6.07, 6.45) is 4.97. The van der Waals surface area contributed by atoms with Crippen LogP contribution in [0.3, 0.4) is 0 Å². The maximum absolute atomic E-state index is 13.3. The summed E-state index contributed by atoms with van der Waals surface area (Å²) in [5.41, 5.74) is 1.97. The molecule has 3 rings (SSSR count). The maximum Gasteiger partial charge on any atom is 0.272 e. The number of thiophene rings is 1. The fraction of sp³-hybridized carbons (Fsp3) is 0.500. The van der Waals surface area contributed by atoms with E-state index in [1.165, 1.54) is 0 Å². The van der Waals surface area contributed by atoms with Crippen LogP contribution in [0.25, 0.3) is 12.2 Å². The average Bonchev–Trinajstić information content (AvgIpc) is 3.27. The minimum Gasteiger partial charge on any atom is -0.357 e. The fourth-order valence-electron chi connectivity index (χ4n) is 3.62. The second-order valence-electron chi connectivity index (χ2n) is 8.79. The number of carbonyl (C=O) groups is 2. The van der Waals surface area contributed by atoms with Gasteiger partial charge in [-0.2, -0.15) is 11.3 Å². The van der Waals surface area contributed by atoms with E-state index in [0.29, 0.717) is 12.2 Å². The highest BCUT2D eigenvalue weighted by atomic mass is 32.1. The summed E-state index contributed by atoms with van der Waals surface area (Å²) < 4.78 is 2.13. The molecule has 0 aromatic carbocycles. The van der Waals surface area contributed by atoms with Crippen LogP contribution in [0.1, 0.15) is 54.8 Å². The van der Waals surface area contributed by atoms with Crippen molar-refractivity contribution >= 4 is 35.3 Å². The van der Waals surface area contributed by atoms with E-state index in [4.69, 9.17) is 4.98 Å². The van der Waals surface area contributed by atoms with Crippen LogP contribution < -0.4 is 10.6 Å². The Balaban J connectivity index is 1.96. The summed E-state index contributed by atoms with van der Waals surface area (Å²) in [7, 11) is 3.63. The Kier molecular flexibility index (Phi) is 6.77. The lowest BCUT2D eigenvalue weighted by atomic mass is 9.86. The lowest BCUT2D eigenvalue weighted by Crippen LogP contribution is -2.53. The van der Waals surface area contributed by atoms with Crippen molar-refractivity contribution in [2.45, 2.75) is 46.3 Å². The molecule has 0 spiro atoms. The summed E-state index contributed by atoms with van der Waals surface area (Å²) in [5.74, 6) is 0.243. The van der Waals surface area contributed by atoms with Gasteiger partial charge in [0.25, 0.3) is 5.91 Å². The van der Waals surface area contributed by atoms with Gasteiger partial charge in [0.05, 0.1) is 5.69 Å². The standard InChI is InChI=1S/C22H31N5O2S/c1-22(2,3)19(21(29)23-4)25-20(28)18-16-13-26(5)10-6-11-27(16)17(24-18)8-7-15-9-12-30-14-15/h7-9,12,14,19H,6,10-11,13H2,1-5H3,(H,23,29)(H,25,28)/b8-7+/t19-/m1/s1. The van der Waals surface area contributed by atoms with E-state index in [2.05, 4.69) is 25.5 Å². The summed E-state index contributed by atoms with van der Waals surface area (Å²) in [4.78, 5) is 32.5. The molecule has 0 aliphatic carbocycles. The number of aromatic nitrogens is 2. The van der Waals surface area contributed by atoms with Crippen LogP contribution in [0, 0.1) is 5.41 Å². The molecule has 0 unspecified atom stereocenters. The molecule has 8 heteroatoms. The molecule has 162 valence electrons. The summed E-state index contributed by atoms with van der Waals surface area (Å²) in [5, 5.41) is 9.68. The lowest BCUT2D eigenvalue weighted by Gasteiger charge is -2.29. The number of nitrogens with zero attached hydrogens (tertiary/aromatic N) is 3. The summed E-state index contributed by atoms with van der Waals surface area (Å²) in [6.45, 7) is 8.21. The number of imidazole rings is 1. The molecular formula is C22H31N5O2S. The Morgan fingerprint density at radius 1 is 1.27 bits per heavy atom. The molecule has 0 fully saturated rings. The zero-order valence-electron chi connectivity index (χ0n) is 18.4. The first kappa shape index (κ1) is 22.2. The Morgan fingerprint density at radius 3 is 2.67 bits per heavy atom. The van der Waals surface area contributed by atoms with Crippen LogP contribution in [0.4, 0.5) is 0 Å². The quantitative estimate of drug-likeness (QED) is 0.766. The molecule has 3 heterocycles. The molecule has 0 saturated carbocycles. The van der Waals surface area contributed by atoms with E-state index >= 15 is 0 Å². The van der Waals surface area contributed by atoms with Crippen molar-refractivity contribution in [2.24, 2.45) is 5.41 Å². The first-order valence-corrected chi connectivity index (χ1v) is 11.2. The predicted octanol–water partition coefficient (Wildman–Crippen LogP) is 2.84. The number of rotatable bonds is 5. The van der Waals surface area contributed by atoms with Crippen LogP contribution in [0.5, 0.6) is 0 Å². The fourth-order valence-corrected chi connectivity index (χ4v) is 4.25. The van der Waals surface area contributed by atoms with Gasteiger partial charge in [-0.3, -0.25) is 9.59 Å². The average molecular weight is 430 g/mol. The summed E-state index contributed by atoms with van der Waals surface area (Å²) in [6, 6.07) is 1.40. The molecule has 0 saturated heterocycles. The van der Waals surface area contributed by atoms with Gasteiger partial charge in [-0.05, 0) is 53.9 Å². The van der Waals surface area contributed by atoms with Crippen molar-refractivity contribution in [1.82, 2.24) is 25.1 Å². The molecule has 2 amide bonds. The first-order chi connectivity index (χ1) is 14.2. The van der Waals surface area contributed by atoms with E-state index in [9.17, 15) is 9.59 Å². The summed E-state index contributed by atoms with van der Waals surface area (Å²) >= 11 is 1.64. The van der Waals surface area contributed by atoms with Gasteiger partial charge in [-0.1, -0.05) is 26.8 Å². The molecule has 30 heavy (non-hydrogen) atoms. The minimum atomic E-state index is -0.652. The zero-order valence-corrected chi connectivity index (χ0v) is 19.2. The SMILES string of the molecule is CNC(=O)[C@@H](NC(=O)c1nc(/C=C/c2ccsc2)n2c1CN(C)CCC2)C(C)(C)C. The lowest BCUT2D eigenvalue weighted by molar-refractivity contribution is -0.124. The van der Waals surface area contributed by atoms with E-state index in [1.807, 2.05) is 51.4 Å². The topological polar surface area (TPSA) is 79.3 Å². The smallest absolute Gasteiger partial charge is 0.272 e. The van der Waals surface area contributed by atoms with Crippen molar-refractivity contribution in [3.8, 4) is 0 Å².